The summed E-state index contributed by atoms with van der Waals surface area (Å²) in [7, 11) is 0. The molecule has 0 aliphatic heterocycles. The molecule has 0 bridgehead atoms. The van der Waals surface area contributed by atoms with Crippen LogP contribution in [0.2, 0.25) is 0 Å². The number of fused-ring (bicyclic) bond motifs is 3. The summed E-state index contributed by atoms with van der Waals surface area (Å²) in [6.45, 7) is 1.96. The molecule has 0 aliphatic rings. The van der Waals surface area contributed by atoms with E-state index in [-0.39, 0.29) is 5.78 Å². The number of primary amides is 1. The molecule has 1 amide bonds. The first kappa shape index (κ1) is 27.6. The van der Waals surface area contributed by atoms with Gasteiger partial charge in [0, 0.05) is 28.6 Å². The molecule has 0 saturated heterocycles. The average Bonchev–Trinajstić information content (AvgIpc) is 3.29. The number of benzene rings is 4. The SMILES string of the molecule is CCCCCc1cc(OCC(=O)O)c2c3c(C(N)=O)cccc3n(Cc3ccccc3C(=O)c3ccccc3)c2c1. The van der Waals surface area contributed by atoms with Gasteiger partial charge in [-0.15, -0.1) is 0 Å². The summed E-state index contributed by atoms with van der Waals surface area (Å²) < 4.78 is 7.90. The number of nitrogens with zero attached hydrogens (tertiary/aromatic N) is 1. The second-order valence-corrected chi connectivity index (χ2v) is 10.1. The lowest BCUT2D eigenvalue weighted by Gasteiger charge is -2.14. The van der Waals surface area contributed by atoms with Gasteiger partial charge in [0.2, 0.25) is 5.91 Å². The predicted molar refractivity (Wildman–Crippen MR) is 160 cm³/mol. The second-order valence-electron chi connectivity index (χ2n) is 10.1. The van der Waals surface area contributed by atoms with Gasteiger partial charge in [0.1, 0.15) is 5.75 Å². The van der Waals surface area contributed by atoms with Crippen LogP contribution in [0.1, 0.15) is 63.6 Å². The van der Waals surface area contributed by atoms with Crippen molar-refractivity contribution < 1.29 is 24.2 Å². The number of ketones is 1. The molecule has 0 atom stereocenters. The normalized spacial score (nSPS) is 11.1. The number of aliphatic carboxylic acids is 1. The number of carbonyl (C=O) groups excluding carboxylic acids is 2. The molecule has 4 aromatic carbocycles. The van der Waals surface area contributed by atoms with Crippen LogP contribution >= 0.6 is 0 Å². The van der Waals surface area contributed by atoms with Crippen molar-refractivity contribution in [2.45, 2.75) is 39.2 Å². The largest absolute Gasteiger partial charge is 0.481 e. The van der Waals surface area contributed by atoms with Gasteiger partial charge >= 0.3 is 5.97 Å². The number of carboxylic acid groups (broad SMARTS) is 1. The van der Waals surface area contributed by atoms with Gasteiger partial charge in [0.05, 0.1) is 16.4 Å². The second kappa shape index (κ2) is 12.1. The lowest BCUT2D eigenvalue weighted by atomic mass is 9.98. The summed E-state index contributed by atoms with van der Waals surface area (Å²) in [5.41, 5.74) is 10.7. The van der Waals surface area contributed by atoms with E-state index in [1.54, 1.807) is 24.3 Å². The number of unbranched alkanes of at least 4 members (excludes halogenated alkanes) is 2. The van der Waals surface area contributed by atoms with E-state index in [1.807, 2.05) is 54.6 Å². The zero-order valence-corrected chi connectivity index (χ0v) is 22.9. The van der Waals surface area contributed by atoms with Gasteiger partial charge in [0.25, 0.3) is 0 Å². The fourth-order valence-corrected chi connectivity index (χ4v) is 5.43. The molecule has 0 aliphatic carbocycles. The van der Waals surface area contributed by atoms with E-state index in [9.17, 15) is 19.5 Å². The highest BCUT2D eigenvalue weighted by Crippen LogP contribution is 2.39. The Bertz CT molecular complexity index is 1750. The van der Waals surface area contributed by atoms with Crippen molar-refractivity contribution >= 4 is 39.5 Å². The summed E-state index contributed by atoms with van der Waals surface area (Å²) in [5, 5.41) is 10.6. The zero-order chi connectivity index (χ0) is 28.9. The minimum Gasteiger partial charge on any atom is -0.481 e. The van der Waals surface area contributed by atoms with Crippen molar-refractivity contribution in [1.82, 2.24) is 4.57 Å². The van der Waals surface area contributed by atoms with E-state index in [2.05, 4.69) is 17.6 Å². The van der Waals surface area contributed by atoms with Gasteiger partial charge in [-0.1, -0.05) is 80.4 Å². The van der Waals surface area contributed by atoms with E-state index in [4.69, 9.17) is 10.5 Å². The highest BCUT2D eigenvalue weighted by atomic mass is 16.5. The van der Waals surface area contributed by atoms with Crippen LogP contribution in [-0.2, 0) is 17.8 Å². The molecular formula is C34H32N2O5. The Labute approximate surface area is 238 Å². The first-order valence-corrected chi connectivity index (χ1v) is 13.8. The van der Waals surface area contributed by atoms with Gasteiger partial charge < -0.3 is 20.1 Å². The molecule has 7 nitrogen and oxygen atoms in total. The number of aromatic nitrogens is 1. The molecule has 0 saturated carbocycles. The van der Waals surface area contributed by atoms with Crippen LogP contribution < -0.4 is 10.5 Å². The number of aryl methyl sites for hydroxylation is 1. The molecule has 1 heterocycles. The van der Waals surface area contributed by atoms with Crippen LogP contribution in [0.15, 0.2) is 84.9 Å². The standard InChI is InChI=1S/C34H32N2O5/c1-2-3-5-11-22-18-28-32(29(19-22)41-21-30(37)38)31-26(34(35)40)16-10-17-27(31)36(28)20-24-14-8-9-15-25(24)33(39)23-12-6-4-7-13-23/h4,6-10,12-19H,2-3,5,11,20-21H2,1H3,(H2,35,40)(H,37,38). The molecule has 0 radical (unpaired) electrons. The summed E-state index contributed by atoms with van der Waals surface area (Å²) in [6.07, 6.45) is 3.90. The van der Waals surface area contributed by atoms with E-state index in [1.165, 1.54) is 0 Å². The third-order valence-electron chi connectivity index (χ3n) is 7.33. The van der Waals surface area contributed by atoms with Crippen LogP contribution in [0.25, 0.3) is 21.8 Å². The first-order valence-electron chi connectivity index (χ1n) is 13.8. The minimum absolute atomic E-state index is 0.0782. The highest BCUT2D eigenvalue weighted by molar-refractivity contribution is 6.20. The van der Waals surface area contributed by atoms with E-state index in [0.717, 1.165) is 47.8 Å². The fraction of sp³-hybridized carbons (Fsp3) is 0.206. The van der Waals surface area contributed by atoms with Crippen LogP contribution in [0.4, 0.5) is 0 Å². The Morgan fingerprint density at radius 1 is 0.829 bits per heavy atom. The van der Waals surface area contributed by atoms with Gasteiger partial charge in [-0.25, -0.2) is 4.79 Å². The van der Waals surface area contributed by atoms with Gasteiger partial charge in [-0.2, -0.15) is 0 Å². The fourth-order valence-electron chi connectivity index (χ4n) is 5.43. The third-order valence-corrected chi connectivity index (χ3v) is 7.33. The molecule has 0 fully saturated rings. The number of amides is 1. The predicted octanol–water partition coefficient (Wildman–Crippen LogP) is 6.37. The molecule has 3 N–H and O–H groups in total. The Morgan fingerprint density at radius 3 is 2.29 bits per heavy atom. The molecular weight excluding hydrogens is 516 g/mol. The number of ether oxygens (including phenoxy) is 1. The summed E-state index contributed by atoms with van der Waals surface area (Å²) in [6, 6.07) is 25.9. The Morgan fingerprint density at radius 2 is 1.56 bits per heavy atom. The number of hydrogen-bond acceptors (Lipinski definition) is 4. The minimum atomic E-state index is -1.10. The van der Waals surface area contributed by atoms with Crippen molar-refractivity contribution in [2.24, 2.45) is 5.73 Å². The van der Waals surface area contributed by atoms with E-state index >= 15 is 0 Å². The van der Waals surface area contributed by atoms with Crippen LogP contribution in [0.3, 0.4) is 0 Å². The van der Waals surface area contributed by atoms with E-state index in [0.29, 0.717) is 39.8 Å². The van der Waals surface area contributed by atoms with Gasteiger partial charge in [-0.3, -0.25) is 9.59 Å². The number of carboxylic acids is 1. The quantitative estimate of drug-likeness (QED) is 0.139. The molecule has 208 valence electrons. The summed E-state index contributed by atoms with van der Waals surface area (Å²) in [4.78, 5) is 37.6. The van der Waals surface area contributed by atoms with Crippen LogP contribution in [0, 0.1) is 0 Å². The van der Waals surface area contributed by atoms with E-state index < -0.39 is 18.5 Å². The highest BCUT2D eigenvalue weighted by Gasteiger charge is 2.22. The Kier molecular flexibility index (Phi) is 8.15. The monoisotopic (exact) mass is 548 g/mol. The zero-order valence-electron chi connectivity index (χ0n) is 22.9. The molecule has 1 aromatic heterocycles. The lowest BCUT2D eigenvalue weighted by molar-refractivity contribution is -0.139. The molecule has 7 heteroatoms. The van der Waals surface area contributed by atoms with Crippen LogP contribution in [-0.4, -0.2) is 33.9 Å². The van der Waals surface area contributed by atoms with Gasteiger partial charge in [-0.05, 0) is 48.2 Å². The maximum absolute atomic E-state index is 13.5. The third kappa shape index (κ3) is 5.70. The van der Waals surface area contributed by atoms with Crippen molar-refractivity contribution in [2.75, 3.05) is 6.61 Å². The number of carbonyl (C=O) groups is 3. The maximum atomic E-state index is 13.5. The van der Waals surface area contributed by atoms with Crippen molar-refractivity contribution in [1.29, 1.82) is 0 Å². The maximum Gasteiger partial charge on any atom is 0.341 e. The molecule has 5 rings (SSSR count). The number of rotatable bonds is 12. The van der Waals surface area contributed by atoms with Crippen LogP contribution in [0.5, 0.6) is 5.75 Å². The number of nitrogens with two attached hydrogens (primary N) is 1. The smallest absolute Gasteiger partial charge is 0.341 e. The molecule has 0 spiro atoms. The van der Waals surface area contributed by atoms with Crippen molar-refractivity contribution in [3.8, 4) is 5.75 Å². The van der Waals surface area contributed by atoms with Crippen molar-refractivity contribution in [3.05, 3.63) is 113 Å². The lowest BCUT2D eigenvalue weighted by Crippen LogP contribution is -2.12. The summed E-state index contributed by atoms with van der Waals surface area (Å²) in [5.74, 6) is -1.37. The Balaban J connectivity index is 1.75. The summed E-state index contributed by atoms with van der Waals surface area (Å²) >= 11 is 0. The average molecular weight is 549 g/mol. The topological polar surface area (TPSA) is 112 Å². The van der Waals surface area contributed by atoms with Gasteiger partial charge in [0.15, 0.2) is 12.4 Å². The van der Waals surface area contributed by atoms with Crippen molar-refractivity contribution in [3.63, 3.8) is 0 Å². The molecule has 41 heavy (non-hydrogen) atoms. The number of hydrogen-bond donors (Lipinski definition) is 2. The molecule has 5 aromatic rings. The Hall–Kier alpha value is -4.91. The first-order chi connectivity index (χ1) is 19.9. The molecule has 0 unspecified atom stereocenters.